The summed E-state index contributed by atoms with van der Waals surface area (Å²) in [5, 5.41) is 2.11. The van der Waals surface area contributed by atoms with Crippen molar-refractivity contribution in [1.29, 1.82) is 0 Å². The van der Waals surface area contributed by atoms with Crippen molar-refractivity contribution < 1.29 is 8.78 Å². The van der Waals surface area contributed by atoms with Gasteiger partial charge >= 0.3 is 0 Å². The molecule has 1 aliphatic rings. The van der Waals surface area contributed by atoms with Crippen molar-refractivity contribution in [3.63, 3.8) is 0 Å². The molecule has 1 aliphatic carbocycles. The van der Waals surface area contributed by atoms with Crippen LogP contribution < -0.4 is 11.3 Å². The highest BCUT2D eigenvalue weighted by Gasteiger charge is 2.38. The summed E-state index contributed by atoms with van der Waals surface area (Å²) in [6.07, 6.45) is 4.42. The number of nitrogens with zero attached hydrogens (tertiary/aromatic N) is 1. The van der Waals surface area contributed by atoms with E-state index in [-0.39, 0.29) is 24.8 Å². The number of hydrogen-bond donors (Lipinski definition) is 2. The quantitative estimate of drug-likeness (QED) is 0.671. The van der Waals surface area contributed by atoms with E-state index in [2.05, 4.69) is 10.4 Å². The van der Waals surface area contributed by atoms with Crippen LogP contribution in [0.25, 0.3) is 10.8 Å². The van der Waals surface area contributed by atoms with Gasteiger partial charge in [-0.3, -0.25) is 16.3 Å². The van der Waals surface area contributed by atoms with Crippen LogP contribution in [-0.2, 0) is 0 Å². The van der Waals surface area contributed by atoms with E-state index in [1.54, 1.807) is 6.20 Å². The van der Waals surface area contributed by atoms with Gasteiger partial charge in [0.15, 0.2) is 0 Å². The Balaban J connectivity index is 1.92. The first-order valence-electron chi connectivity index (χ1n) is 7.27. The largest absolute Gasteiger partial charge is 0.271 e. The average Bonchev–Trinajstić information content (AvgIpc) is 2.50. The fraction of sp³-hybridized carbons (Fsp3) is 0.438. The van der Waals surface area contributed by atoms with Crippen molar-refractivity contribution in [2.75, 3.05) is 0 Å². The van der Waals surface area contributed by atoms with Gasteiger partial charge in [-0.25, -0.2) is 8.78 Å². The van der Waals surface area contributed by atoms with Crippen LogP contribution in [0.1, 0.15) is 37.3 Å². The summed E-state index contributed by atoms with van der Waals surface area (Å²) < 4.78 is 26.7. The number of fused-ring (bicyclic) bond motifs is 1. The van der Waals surface area contributed by atoms with Gasteiger partial charge in [0.25, 0.3) is 0 Å². The molecule has 1 aromatic carbocycles. The van der Waals surface area contributed by atoms with Crippen LogP contribution >= 0.6 is 0 Å². The molecule has 112 valence electrons. The van der Waals surface area contributed by atoms with E-state index in [0.29, 0.717) is 12.8 Å². The second kappa shape index (κ2) is 5.66. The zero-order chi connectivity index (χ0) is 14.9. The van der Waals surface area contributed by atoms with E-state index in [1.807, 2.05) is 30.5 Å². The summed E-state index contributed by atoms with van der Waals surface area (Å²) in [6, 6.07) is 7.82. The van der Waals surface area contributed by atoms with E-state index >= 15 is 0 Å². The third-order valence-electron chi connectivity index (χ3n) is 4.47. The molecule has 1 fully saturated rings. The maximum atomic E-state index is 13.3. The van der Waals surface area contributed by atoms with Gasteiger partial charge in [-0.1, -0.05) is 18.2 Å². The number of hydrogen-bond acceptors (Lipinski definition) is 3. The van der Waals surface area contributed by atoms with Gasteiger partial charge in [-0.15, -0.1) is 0 Å². The first-order valence-corrected chi connectivity index (χ1v) is 7.27. The van der Waals surface area contributed by atoms with Gasteiger partial charge in [0.2, 0.25) is 5.92 Å². The molecule has 0 bridgehead atoms. The molecule has 3 rings (SSSR count). The Morgan fingerprint density at radius 1 is 1.24 bits per heavy atom. The molecule has 2 aromatic rings. The van der Waals surface area contributed by atoms with Gasteiger partial charge in [-0.05, 0) is 35.8 Å². The average molecular weight is 291 g/mol. The highest BCUT2D eigenvalue weighted by molar-refractivity contribution is 5.85. The lowest BCUT2D eigenvalue weighted by Gasteiger charge is -2.34. The topological polar surface area (TPSA) is 50.9 Å². The molecule has 21 heavy (non-hydrogen) atoms. The molecule has 0 saturated heterocycles. The van der Waals surface area contributed by atoms with E-state index in [9.17, 15) is 8.78 Å². The maximum absolute atomic E-state index is 13.3. The van der Waals surface area contributed by atoms with E-state index in [0.717, 1.165) is 16.3 Å². The maximum Gasteiger partial charge on any atom is 0.248 e. The monoisotopic (exact) mass is 291 g/mol. The third-order valence-corrected chi connectivity index (χ3v) is 4.47. The molecule has 1 atom stereocenters. The number of alkyl halides is 2. The molecule has 0 aliphatic heterocycles. The molecule has 0 spiro atoms. The lowest BCUT2D eigenvalue weighted by Crippen LogP contribution is -2.37. The number of halogens is 2. The summed E-state index contributed by atoms with van der Waals surface area (Å²) in [4.78, 5) is 4.17. The van der Waals surface area contributed by atoms with Crippen molar-refractivity contribution in [3.8, 4) is 0 Å². The van der Waals surface area contributed by atoms with Crippen molar-refractivity contribution in [2.45, 2.75) is 37.6 Å². The SMILES string of the molecule is NNC(c1cccc2ccncc12)C1CCC(F)(F)CC1. The van der Waals surface area contributed by atoms with Crippen LogP contribution in [0.3, 0.4) is 0 Å². The normalized spacial score (nSPS) is 20.5. The Bertz CT molecular complexity index is 614. The number of benzene rings is 1. The Kier molecular flexibility index (Phi) is 3.87. The number of nitrogens with two attached hydrogens (primary N) is 1. The van der Waals surface area contributed by atoms with E-state index in [4.69, 9.17) is 5.84 Å². The second-order valence-corrected chi connectivity index (χ2v) is 5.78. The molecular weight excluding hydrogens is 272 g/mol. The van der Waals surface area contributed by atoms with E-state index < -0.39 is 5.92 Å². The Morgan fingerprint density at radius 2 is 2.00 bits per heavy atom. The number of rotatable bonds is 3. The summed E-state index contributed by atoms with van der Waals surface area (Å²) in [7, 11) is 0. The van der Waals surface area contributed by atoms with Gasteiger partial charge in [0.05, 0.1) is 0 Å². The first kappa shape index (κ1) is 14.4. The smallest absolute Gasteiger partial charge is 0.248 e. The predicted molar refractivity (Wildman–Crippen MR) is 78.7 cm³/mol. The highest BCUT2D eigenvalue weighted by Crippen LogP contribution is 2.42. The van der Waals surface area contributed by atoms with Crippen LogP contribution in [0.2, 0.25) is 0 Å². The van der Waals surface area contributed by atoms with Gasteiger partial charge in [0, 0.05) is 36.7 Å². The predicted octanol–water partition coefficient (Wildman–Crippen LogP) is 3.56. The fourth-order valence-electron chi connectivity index (χ4n) is 3.28. The minimum atomic E-state index is -2.52. The first-order chi connectivity index (χ1) is 10.1. The molecular formula is C16H19F2N3. The number of pyridine rings is 1. The van der Waals surface area contributed by atoms with Crippen LogP contribution in [0.5, 0.6) is 0 Å². The highest BCUT2D eigenvalue weighted by atomic mass is 19.3. The van der Waals surface area contributed by atoms with Crippen molar-refractivity contribution in [3.05, 3.63) is 42.2 Å². The lowest BCUT2D eigenvalue weighted by molar-refractivity contribution is -0.0497. The van der Waals surface area contributed by atoms with Gasteiger partial charge in [-0.2, -0.15) is 0 Å². The molecule has 1 aromatic heterocycles. The standard InChI is InChI=1S/C16H19F2N3/c17-16(18)7-4-12(5-8-16)15(21-19)13-3-1-2-11-6-9-20-10-14(11)13/h1-3,6,9-10,12,15,21H,4-5,7-8,19H2. The van der Waals surface area contributed by atoms with Crippen molar-refractivity contribution in [1.82, 2.24) is 10.4 Å². The Labute approximate surface area is 122 Å². The van der Waals surface area contributed by atoms with Crippen LogP contribution in [0.4, 0.5) is 8.78 Å². The zero-order valence-corrected chi connectivity index (χ0v) is 11.7. The molecule has 3 N–H and O–H groups in total. The summed E-state index contributed by atoms with van der Waals surface area (Å²) in [6.45, 7) is 0. The van der Waals surface area contributed by atoms with Crippen molar-refractivity contribution in [2.24, 2.45) is 11.8 Å². The molecule has 3 nitrogen and oxygen atoms in total. The summed E-state index contributed by atoms with van der Waals surface area (Å²) >= 11 is 0. The number of hydrazine groups is 1. The minimum absolute atomic E-state index is 0.0567. The van der Waals surface area contributed by atoms with E-state index in [1.165, 1.54) is 0 Å². The molecule has 1 unspecified atom stereocenters. The van der Waals surface area contributed by atoms with Crippen LogP contribution in [0.15, 0.2) is 36.7 Å². The summed E-state index contributed by atoms with van der Waals surface area (Å²) in [5.41, 5.74) is 3.87. The number of aromatic nitrogens is 1. The molecule has 0 amide bonds. The number of nitrogens with one attached hydrogen (secondary N) is 1. The minimum Gasteiger partial charge on any atom is -0.271 e. The van der Waals surface area contributed by atoms with Crippen LogP contribution in [0, 0.1) is 5.92 Å². The van der Waals surface area contributed by atoms with Crippen LogP contribution in [-0.4, -0.2) is 10.9 Å². The molecule has 0 radical (unpaired) electrons. The molecule has 5 heteroatoms. The lowest BCUT2D eigenvalue weighted by atomic mass is 9.79. The summed E-state index contributed by atoms with van der Waals surface area (Å²) in [5.74, 6) is 3.34. The molecule has 1 heterocycles. The van der Waals surface area contributed by atoms with Gasteiger partial charge in [0.1, 0.15) is 0 Å². The van der Waals surface area contributed by atoms with Gasteiger partial charge < -0.3 is 0 Å². The Hall–Kier alpha value is -1.59. The van der Waals surface area contributed by atoms with Crippen molar-refractivity contribution >= 4 is 10.8 Å². The zero-order valence-electron chi connectivity index (χ0n) is 11.7. The molecule has 1 saturated carbocycles. The Morgan fingerprint density at radius 3 is 2.71 bits per heavy atom. The third kappa shape index (κ3) is 2.89. The fourth-order valence-corrected chi connectivity index (χ4v) is 3.28. The second-order valence-electron chi connectivity index (χ2n) is 5.78.